The number of sulfonamides is 1. The topological polar surface area (TPSA) is 37.4 Å². The molecule has 0 saturated heterocycles. The number of rotatable bonds is 3. The van der Waals surface area contributed by atoms with Crippen LogP contribution in [0.4, 0.5) is 0 Å². The quantitative estimate of drug-likeness (QED) is 0.843. The molecule has 2 rings (SSSR count). The smallest absolute Gasteiger partial charge is 0.211 e. The lowest BCUT2D eigenvalue weighted by Gasteiger charge is -2.38. The van der Waals surface area contributed by atoms with Crippen LogP contribution in [0, 0.1) is 5.92 Å². The van der Waals surface area contributed by atoms with Crippen LogP contribution in [0.25, 0.3) is 0 Å². The zero-order valence-corrected chi connectivity index (χ0v) is 12.1. The van der Waals surface area contributed by atoms with E-state index in [9.17, 15) is 8.42 Å². The predicted molar refractivity (Wildman–Crippen MR) is 73.8 cm³/mol. The van der Waals surface area contributed by atoms with Gasteiger partial charge in [-0.25, -0.2) is 8.42 Å². The van der Waals surface area contributed by atoms with Crippen LogP contribution < -0.4 is 0 Å². The Morgan fingerprint density at radius 1 is 1.33 bits per heavy atom. The number of hydrogen-bond acceptors (Lipinski definition) is 2. The molecule has 18 heavy (non-hydrogen) atoms. The molecule has 0 amide bonds. The summed E-state index contributed by atoms with van der Waals surface area (Å²) < 4.78 is 25.6. The van der Waals surface area contributed by atoms with Gasteiger partial charge in [0.2, 0.25) is 10.0 Å². The Morgan fingerprint density at radius 3 is 2.50 bits per heavy atom. The van der Waals surface area contributed by atoms with E-state index in [0.29, 0.717) is 12.5 Å². The summed E-state index contributed by atoms with van der Waals surface area (Å²) in [4.78, 5) is 0. The van der Waals surface area contributed by atoms with Gasteiger partial charge in [0.05, 0.1) is 6.26 Å². The summed E-state index contributed by atoms with van der Waals surface area (Å²) in [5.41, 5.74) is 2.44. The standard InChI is InChI=1S/C14H21NO2S/c1-4-11(2)14-9-12-7-5-6-8-13(12)10-15(14)18(3,16)17/h5-8,11,14H,4,9-10H2,1-3H3. The summed E-state index contributed by atoms with van der Waals surface area (Å²) >= 11 is 0. The fourth-order valence-electron chi connectivity index (χ4n) is 2.64. The molecular weight excluding hydrogens is 246 g/mol. The maximum Gasteiger partial charge on any atom is 0.211 e. The maximum atomic E-state index is 12.0. The van der Waals surface area contributed by atoms with Crippen molar-refractivity contribution in [3.63, 3.8) is 0 Å². The normalized spacial score (nSPS) is 22.5. The predicted octanol–water partition coefficient (Wildman–Crippen LogP) is 2.42. The van der Waals surface area contributed by atoms with Gasteiger partial charge in [-0.1, -0.05) is 44.5 Å². The van der Waals surface area contributed by atoms with E-state index >= 15 is 0 Å². The minimum Gasteiger partial charge on any atom is -0.212 e. The zero-order chi connectivity index (χ0) is 13.3. The lowest BCUT2D eigenvalue weighted by Crippen LogP contribution is -2.46. The van der Waals surface area contributed by atoms with E-state index in [-0.39, 0.29) is 6.04 Å². The Bertz CT molecular complexity index is 524. The van der Waals surface area contributed by atoms with Gasteiger partial charge in [-0.3, -0.25) is 0 Å². The maximum absolute atomic E-state index is 12.0. The summed E-state index contributed by atoms with van der Waals surface area (Å²) in [5, 5.41) is 0. The largest absolute Gasteiger partial charge is 0.212 e. The molecule has 0 aliphatic carbocycles. The van der Waals surface area contributed by atoms with Crippen LogP contribution >= 0.6 is 0 Å². The molecule has 0 aromatic heterocycles. The van der Waals surface area contributed by atoms with Crippen molar-refractivity contribution in [2.45, 2.75) is 39.3 Å². The highest BCUT2D eigenvalue weighted by molar-refractivity contribution is 7.88. The van der Waals surface area contributed by atoms with E-state index in [1.165, 1.54) is 11.8 Å². The first-order chi connectivity index (χ1) is 8.43. The second kappa shape index (κ2) is 5.02. The van der Waals surface area contributed by atoms with Gasteiger partial charge in [0.15, 0.2) is 0 Å². The van der Waals surface area contributed by atoms with Gasteiger partial charge in [-0.15, -0.1) is 0 Å². The van der Waals surface area contributed by atoms with Crippen LogP contribution in [0.15, 0.2) is 24.3 Å². The lowest BCUT2D eigenvalue weighted by atomic mass is 9.88. The van der Waals surface area contributed by atoms with Gasteiger partial charge >= 0.3 is 0 Å². The molecule has 0 N–H and O–H groups in total. The number of nitrogens with zero attached hydrogens (tertiary/aromatic N) is 1. The van der Waals surface area contributed by atoms with Crippen molar-refractivity contribution in [1.82, 2.24) is 4.31 Å². The molecule has 0 fully saturated rings. The van der Waals surface area contributed by atoms with Gasteiger partial charge in [-0.05, 0) is 23.5 Å². The Balaban J connectivity index is 2.40. The van der Waals surface area contributed by atoms with E-state index in [4.69, 9.17) is 0 Å². The zero-order valence-electron chi connectivity index (χ0n) is 11.3. The SMILES string of the molecule is CCC(C)C1Cc2ccccc2CN1S(C)(=O)=O. The van der Waals surface area contributed by atoms with Gasteiger partial charge in [0, 0.05) is 12.6 Å². The monoisotopic (exact) mass is 267 g/mol. The van der Waals surface area contributed by atoms with Crippen molar-refractivity contribution in [1.29, 1.82) is 0 Å². The summed E-state index contributed by atoms with van der Waals surface area (Å²) in [7, 11) is -3.14. The van der Waals surface area contributed by atoms with Gasteiger partial charge in [0.1, 0.15) is 0 Å². The average Bonchev–Trinajstić information content (AvgIpc) is 2.35. The third-order valence-electron chi connectivity index (χ3n) is 3.97. The fourth-order valence-corrected chi connectivity index (χ4v) is 3.79. The molecule has 0 saturated carbocycles. The Labute approximate surface area is 110 Å². The van der Waals surface area contributed by atoms with Crippen LogP contribution in [0.2, 0.25) is 0 Å². The molecule has 3 nitrogen and oxygen atoms in total. The van der Waals surface area contributed by atoms with Crippen molar-refractivity contribution in [3.8, 4) is 0 Å². The van der Waals surface area contributed by atoms with Crippen molar-refractivity contribution in [2.24, 2.45) is 5.92 Å². The Morgan fingerprint density at radius 2 is 1.94 bits per heavy atom. The second-order valence-corrected chi connectivity index (χ2v) is 7.17. The summed E-state index contributed by atoms with van der Waals surface area (Å²) in [6, 6.07) is 8.25. The third-order valence-corrected chi connectivity index (χ3v) is 5.22. The van der Waals surface area contributed by atoms with Crippen molar-refractivity contribution in [2.75, 3.05) is 6.26 Å². The molecule has 1 aliphatic rings. The van der Waals surface area contributed by atoms with Crippen LogP contribution in [0.1, 0.15) is 31.4 Å². The molecule has 0 spiro atoms. The van der Waals surface area contributed by atoms with E-state index in [1.54, 1.807) is 4.31 Å². The van der Waals surface area contributed by atoms with E-state index in [2.05, 4.69) is 19.9 Å². The molecule has 2 atom stereocenters. The molecule has 2 unspecified atom stereocenters. The number of hydrogen-bond donors (Lipinski definition) is 0. The van der Waals surface area contributed by atoms with E-state index in [0.717, 1.165) is 18.4 Å². The highest BCUT2D eigenvalue weighted by Crippen LogP contribution is 2.30. The first kappa shape index (κ1) is 13.6. The van der Waals surface area contributed by atoms with E-state index in [1.807, 2.05) is 18.2 Å². The minimum absolute atomic E-state index is 0.0971. The summed E-state index contributed by atoms with van der Waals surface area (Å²) in [6.45, 7) is 4.77. The second-order valence-electron chi connectivity index (χ2n) is 5.23. The van der Waals surface area contributed by atoms with Crippen LogP contribution in [0.5, 0.6) is 0 Å². The van der Waals surface area contributed by atoms with Crippen LogP contribution in [-0.4, -0.2) is 25.0 Å². The molecular formula is C14H21NO2S. The molecule has 1 aromatic carbocycles. The Hall–Kier alpha value is -0.870. The minimum atomic E-state index is -3.14. The van der Waals surface area contributed by atoms with Crippen molar-refractivity contribution < 1.29 is 8.42 Å². The van der Waals surface area contributed by atoms with Gasteiger partial charge in [-0.2, -0.15) is 4.31 Å². The van der Waals surface area contributed by atoms with Gasteiger partial charge in [0.25, 0.3) is 0 Å². The van der Waals surface area contributed by atoms with E-state index < -0.39 is 10.0 Å². The van der Waals surface area contributed by atoms with Crippen molar-refractivity contribution >= 4 is 10.0 Å². The van der Waals surface area contributed by atoms with Gasteiger partial charge < -0.3 is 0 Å². The molecule has 1 aromatic rings. The highest BCUT2D eigenvalue weighted by atomic mass is 32.2. The lowest BCUT2D eigenvalue weighted by molar-refractivity contribution is 0.221. The fraction of sp³-hybridized carbons (Fsp3) is 0.571. The average molecular weight is 267 g/mol. The first-order valence-electron chi connectivity index (χ1n) is 6.47. The highest BCUT2D eigenvalue weighted by Gasteiger charge is 2.34. The number of benzene rings is 1. The van der Waals surface area contributed by atoms with Crippen LogP contribution in [-0.2, 0) is 23.0 Å². The third kappa shape index (κ3) is 2.59. The summed E-state index contributed by atoms with van der Waals surface area (Å²) in [5.74, 6) is 0.382. The number of fused-ring (bicyclic) bond motifs is 1. The first-order valence-corrected chi connectivity index (χ1v) is 8.32. The molecule has 0 radical (unpaired) electrons. The van der Waals surface area contributed by atoms with Crippen LogP contribution in [0.3, 0.4) is 0 Å². The Kier molecular flexibility index (Phi) is 3.78. The molecule has 1 heterocycles. The van der Waals surface area contributed by atoms with Crippen molar-refractivity contribution in [3.05, 3.63) is 35.4 Å². The molecule has 1 aliphatic heterocycles. The summed E-state index contributed by atoms with van der Waals surface area (Å²) in [6.07, 6.45) is 3.15. The molecule has 100 valence electrons. The molecule has 4 heteroatoms. The molecule has 0 bridgehead atoms.